The number of aromatic nitrogens is 2. The number of nitrogens with one attached hydrogen (secondary N) is 1. The van der Waals surface area contributed by atoms with E-state index in [9.17, 15) is 0 Å². The minimum Gasteiger partial charge on any atom is -0.495 e. The van der Waals surface area contributed by atoms with Gasteiger partial charge in [0, 0.05) is 23.7 Å². The van der Waals surface area contributed by atoms with Gasteiger partial charge in [0.25, 0.3) is 0 Å². The van der Waals surface area contributed by atoms with E-state index < -0.39 is 0 Å². The summed E-state index contributed by atoms with van der Waals surface area (Å²) >= 11 is 6.22. The molecule has 0 aliphatic carbocycles. The van der Waals surface area contributed by atoms with Crippen LogP contribution in [0.3, 0.4) is 0 Å². The second-order valence-electron chi connectivity index (χ2n) is 8.04. The summed E-state index contributed by atoms with van der Waals surface area (Å²) < 4.78 is 7.65. The molecule has 5 rings (SSSR count). The topological polar surface area (TPSA) is 39.1 Å². The van der Waals surface area contributed by atoms with Crippen molar-refractivity contribution in [2.75, 3.05) is 12.4 Å². The molecule has 4 nitrogen and oxygen atoms in total. The van der Waals surface area contributed by atoms with Crippen molar-refractivity contribution in [3.05, 3.63) is 95.5 Å². The Morgan fingerprint density at radius 3 is 2.36 bits per heavy atom. The molecule has 0 saturated heterocycles. The number of nitrogens with zero attached hydrogens (tertiary/aromatic N) is 2. The molecule has 4 aromatic carbocycles. The van der Waals surface area contributed by atoms with Crippen LogP contribution in [0.25, 0.3) is 33.3 Å². The molecule has 164 valence electrons. The average molecular weight is 454 g/mol. The van der Waals surface area contributed by atoms with Crippen molar-refractivity contribution in [1.29, 1.82) is 0 Å². The lowest BCUT2D eigenvalue weighted by atomic mass is 9.98. The van der Waals surface area contributed by atoms with Gasteiger partial charge < -0.3 is 14.6 Å². The molecule has 1 N–H and O–H groups in total. The van der Waals surface area contributed by atoms with Gasteiger partial charge in [-0.3, -0.25) is 0 Å². The van der Waals surface area contributed by atoms with Crippen LogP contribution in [0.2, 0.25) is 5.02 Å². The summed E-state index contributed by atoms with van der Waals surface area (Å²) in [5.74, 6) is 1.42. The van der Waals surface area contributed by atoms with Crippen molar-refractivity contribution < 1.29 is 4.74 Å². The first kappa shape index (κ1) is 21.1. The van der Waals surface area contributed by atoms with Gasteiger partial charge in [-0.1, -0.05) is 72.3 Å². The second kappa shape index (κ2) is 8.64. The predicted octanol–water partition coefficient (Wildman–Crippen LogP) is 7.62. The summed E-state index contributed by atoms with van der Waals surface area (Å²) in [4.78, 5) is 4.88. The van der Waals surface area contributed by atoms with E-state index in [4.69, 9.17) is 21.3 Å². The number of ether oxygens (including phenoxy) is 1. The highest BCUT2D eigenvalue weighted by atomic mass is 35.5. The summed E-state index contributed by atoms with van der Waals surface area (Å²) in [5.41, 5.74) is 8.50. The number of halogens is 1. The van der Waals surface area contributed by atoms with Crippen LogP contribution < -0.4 is 10.1 Å². The fourth-order valence-electron chi connectivity index (χ4n) is 4.26. The number of hydrogen-bond acceptors (Lipinski definition) is 3. The number of para-hydroxylation sites is 1. The molecule has 0 unspecified atom stereocenters. The third kappa shape index (κ3) is 3.94. The smallest absolute Gasteiger partial charge is 0.208 e. The first-order valence-corrected chi connectivity index (χ1v) is 11.2. The minimum atomic E-state index is 0.639. The molecule has 0 amide bonds. The van der Waals surface area contributed by atoms with Gasteiger partial charge in [0.05, 0.1) is 23.8 Å². The van der Waals surface area contributed by atoms with Gasteiger partial charge in [-0.25, -0.2) is 4.98 Å². The first-order chi connectivity index (χ1) is 16.0. The largest absolute Gasteiger partial charge is 0.495 e. The highest BCUT2D eigenvalue weighted by molar-refractivity contribution is 6.31. The molecule has 0 radical (unpaired) electrons. The van der Waals surface area contributed by atoms with Gasteiger partial charge in [-0.2, -0.15) is 0 Å². The number of aryl methyl sites for hydroxylation is 2. The molecule has 33 heavy (non-hydrogen) atoms. The Hall–Kier alpha value is -3.76. The van der Waals surface area contributed by atoms with E-state index >= 15 is 0 Å². The maximum absolute atomic E-state index is 6.22. The number of imidazole rings is 1. The van der Waals surface area contributed by atoms with Crippen molar-refractivity contribution in [3.8, 4) is 28.0 Å². The maximum Gasteiger partial charge on any atom is 0.208 e. The Balaban J connectivity index is 1.61. The fourth-order valence-corrected chi connectivity index (χ4v) is 4.52. The zero-order chi connectivity index (χ0) is 22.9. The number of benzene rings is 4. The Kier molecular flexibility index (Phi) is 5.53. The van der Waals surface area contributed by atoms with Crippen molar-refractivity contribution in [2.24, 2.45) is 7.05 Å². The lowest BCUT2D eigenvalue weighted by Crippen LogP contribution is -2.03. The highest BCUT2D eigenvalue weighted by Crippen LogP contribution is 2.37. The van der Waals surface area contributed by atoms with Crippen LogP contribution in [0.4, 0.5) is 11.6 Å². The van der Waals surface area contributed by atoms with E-state index in [0.717, 1.165) is 39.4 Å². The third-order valence-corrected chi connectivity index (χ3v) is 6.11. The van der Waals surface area contributed by atoms with Crippen molar-refractivity contribution in [2.45, 2.75) is 6.92 Å². The first-order valence-electron chi connectivity index (χ1n) is 10.8. The number of methoxy groups -OCH3 is 1. The van der Waals surface area contributed by atoms with E-state index in [1.165, 1.54) is 11.1 Å². The molecule has 0 saturated carbocycles. The summed E-state index contributed by atoms with van der Waals surface area (Å²) in [7, 11) is 3.67. The Morgan fingerprint density at radius 1 is 0.848 bits per heavy atom. The molecule has 1 aromatic heterocycles. The van der Waals surface area contributed by atoms with Gasteiger partial charge in [0.15, 0.2) is 0 Å². The van der Waals surface area contributed by atoms with Crippen molar-refractivity contribution in [1.82, 2.24) is 9.55 Å². The minimum absolute atomic E-state index is 0.639. The Labute approximate surface area is 198 Å². The summed E-state index contributed by atoms with van der Waals surface area (Å²) in [6, 6.07) is 29.0. The van der Waals surface area contributed by atoms with Crippen LogP contribution in [0.5, 0.6) is 5.75 Å². The zero-order valence-electron chi connectivity index (χ0n) is 18.8. The third-order valence-electron chi connectivity index (χ3n) is 5.90. The molecular formula is C28H24ClN3O. The lowest BCUT2D eigenvalue weighted by Gasteiger charge is -2.14. The number of rotatable bonds is 5. The molecule has 5 heteroatoms. The number of anilines is 2. The monoisotopic (exact) mass is 453 g/mol. The lowest BCUT2D eigenvalue weighted by molar-refractivity contribution is 0.416. The Morgan fingerprint density at radius 2 is 1.58 bits per heavy atom. The fraction of sp³-hybridized carbons (Fsp3) is 0.107. The second-order valence-corrected chi connectivity index (χ2v) is 8.48. The molecule has 0 fully saturated rings. The average Bonchev–Trinajstić information content (AvgIpc) is 3.16. The molecule has 0 spiro atoms. The van der Waals surface area contributed by atoms with Crippen LogP contribution in [0.1, 0.15) is 5.56 Å². The van der Waals surface area contributed by atoms with Crippen LogP contribution in [0.15, 0.2) is 84.9 Å². The molecule has 0 aliphatic heterocycles. The summed E-state index contributed by atoms with van der Waals surface area (Å²) in [6.07, 6.45) is 0. The van der Waals surface area contributed by atoms with Crippen LogP contribution in [-0.2, 0) is 7.05 Å². The van der Waals surface area contributed by atoms with Crippen molar-refractivity contribution in [3.63, 3.8) is 0 Å². The molecule has 0 atom stereocenters. The van der Waals surface area contributed by atoms with E-state index in [-0.39, 0.29) is 0 Å². The number of hydrogen-bond donors (Lipinski definition) is 1. The molecule has 0 aliphatic rings. The summed E-state index contributed by atoms with van der Waals surface area (Å²) in [6.45, 7) is 2.00. The normalized spacial score (nSPS) is 11.0. The molecule has 0 bridgehead atoms. The van der Waals surface area contributed by atoms with Crippen LogP contribution in [-0.4, -0.2) is 16.7 Å². The quantitative estimate of drug-likeness (QED) is 0.297. The Bertz CT molecular complexity index is 1460. The van der Waals surface area contributed by atoms with Crippen molar-refractivity contribution >= 4 is 34.3 Å². The van der Waals surface area contributed by atoms with Gasteiger partial charge in [0.1, 0.15) is 5.75 Å². The molecular weight excluding hydrogens is 430 g/mol. The van der Waals surface area contributed by atoms with Gasteiger partial charge in [-0.05, 0) is 47.4 Å². The summed E-state index contributed by atoms with van der Waals surface area (Å²) in [5, 5.41) is 4.10. The predicted molar refractivity (Wildman–Crippen MR) is 138 cm³/mol. The van der Waals surface area contributed by atoms with E-state index in [0.29, 0.717) is 10.8 Å². The number of fused-ring (bicyclic) bond motifs is 1. The molecule has 1 heterocycles. The molecule has 5 aromatic rings. The van der Waals surface area contributed by atoms with E-state index in [1.807, 2.05) is 32.2 Å². The van der Waals surface area contributed by atoms with Crippen LogP contribution in [0, 0.1) is 6.92 Å². The van der Waals surface area contributed by atoms with Gasteiger partial charge >= 0.3 is 0 Å². The SMILES string of the molecule is COc1cc(Cl)cc(C)c1Nc1nc2cccc(-c3cccc(-c4ccccc4)c3)c2n1C. The highest BCUT2D eigenvalue weighted by Gasteiger charge is 2.16. The van der Waals surface area contributed by atoms with E-state index in [2.05, 4.69) is 70.5 Å². The van der Waals surface area contributed by atoms with Gasteiger partial charge in [-0.15, -0.1) is 0 Å². The van der Waals surface area contributed by atoms with Gasteiger partial charge in [0.2, 0.25) is 5.95 Å². The van der Waals surface area contributed by atoms with Crippen LogP contribution >= 0.6 is 11.6 Å². The zero-order valence-corrected chi connectivity index (χ0v) is 19.5. The standard InChI is InChI=1S/C28H24ClN3O/c1-18-15-22(29)17-25(33-3)26(18)31-28-30-24-14-8-13-23(27(24)32(28)2)21-12-7-11-20(16-21)19-9-5-4-6-10-19/h4-17H,1-3H3,(H,30,31). The van der Waals surface area contributed by atoms with E-state index in [1.54, 1.807) is 13.2 Å². The maximum atomic E-state index is 6.22.